The summed E-state index contributed by atoms with van der Waals surface area (Å²) >= 11 is 6.12. The molecule has 1 N–H and O–H groups in total. The van der Waals surface area contributed by atoms with Crippen LogP contribution in [0.3, 0.4) is 0 Å². The van der Waals surface area contributed by atoms with E-state index in [4.69, 9.17) is 25.8 Å². The van der Waals surface area contributed by atoms with Crippen LogP contribution in [-0.4, -0.2) is 40.8 Å². The molecule has 10 heteroatoms. The van der Waals surface area contributed by atoms with Crippen LogP contribution in [0.2, 0.25) is 5.02 Å². The molecule has 0 radical (unpaired) electrons. The Balaban J connectivity index is 1.85. The summed E-state index contributed by atoms with van der Waals surface area (Å²) in [6, 6.07) is 17.5. The maximum Gasteiger partial charge on any atom is 0.248 e. The van der Waals surface area contributed by atoms with Crippen LogP contribution in [0.15, 0.2) is 66.7 Å². The largest absolute Gasteiger partial charge is 0.495 e. The number of nitrogens with one attached hydrogen (secondary N) is 1. The lowest BCUT2D eigenvalue weighted by Crippen LogP contribution is -2.45. The topological polar surface area (TPSA) is 94.2 Å². The summed E-state index contributed by atoms with van der Waals surface area (Å²) in [5.41, 5.74) is 0.604. The van der Waals surface area contributed by atoms with Crippen LogP contribution in [0.5, 0.6) is 23.0 Å². The number of methoxy groups -OCH3 is 2. The smallest absolute Gasteiger partial charge is 0.248 e. The average Bonchev–Trinajstić information content (AvgIpc) is 2.80. The van der Waals surface area contributed by atoms with Gasteiger partial charge >= 0.3 is 0 Å². The van der Waals surface area contributed by atoms with E-state index in [1.807, 2.05) is 30.3 Å². The van der Waals surface area contributed by atoms with Crippen LogP contribution >= 0.6 is 11.6 Å². The molecule has 0 aliphatic rings. The normalized spacial score (nSPS) is 11.9. The maximum absolute atomic E-state index is 13.1. The highest BCUT2D eigenvalue weighted by molar-refractivity contribution is 7.92. The average molecular weight is 505 g/mol. The molecule has 0 unspecified atom stereocenters. The highest BCUT2D eigenvalue weighted by Crippen LogP contribution is 2.36. The molecule has 0 aromatic heterocycles. The number of benzene rings is 3. The SMILES string of the molecule is COc1cc(NC(=O)[C@H](C)N(c2ccc(Oc3ccccc3)cc2)S(C)(=O)=O)c(OC)cc1Cl. The molecule has 1 amide bonds. The molecule has 1 atom stereocenters. The van der Waals surface area contributed by atoms with Crippen molar-refractivity contribution >= 4 is 38.9 Å². The second-order valence-electron chi connectivity index (χ2n) is 7.32. The summed E-state index contributed by atoms with van der Waals surface area (Å²) in [7, 11) is -0.934. The van der Waals surface area contributed by atoms with Crippen molar-refractivity contribution < 1.29 is 27.4 Å². The van der Waals surface area contributed by atoms with Crippen LogP contribution in [-0.2, 0) is 14.8 Å². The molecular weight excluding hydrogens is 480 g/mol. The quantitative estimate of drug-likeness (QED) is 0.443. The van der Waals surface area contributed by atoms with Crippen LogP contribution < -0.4 is 23.8 Å². The maximum atomic E-state index is 13.1. The van der Waals surface area contributed by atoms with Gasteiger partial charge in [-0.15, -0.1) is 0 Å². The number of anilines is 2. The summed E-state index contributed by atoms with van der Waals surface area (Å²) in [4.78, 5) is 13.1. The highest BCUT2D eigenvalue weighted by Gasteiger charge is 2.30. The molecule has 34 heavy (non-hydrogen) atoms. The van der Waals surface area contributed by atoms with E-state index in [2.05, 4.69) is 5.32 Å². The molecular formula is C24H25ClN2O6S. The Morgan fingerprint density at radius 2 is 1.53 bits per heavy atom. The second-order valence-corrected chi connectivity index (χ2v) is 9.59. The molecule has 3 aromatic rings. The number of hydrogen-bond donors (Lipinski definition) is 1. The third-order valence-electron chi connectivity index (χ3n) is 4.89. The number of rotatable bonds is 9. The molecule has 180 valence electrons. The van der Waals surface area contributed by atoms with Gasteiger partial charge in [-0.2, -0.15) is 0 Å². The van der Waals surface area contributed by atoms with Crippen molar-refractivity contribution in [2.45, 2.75) is 13.0 Å². The van der Waals surface area contributed by atoms with Crippen LogP contribution in [0.25, 0.3) is 0 Å². The van der Waals surface area contributed by atoms with Gasteiger partial charge < -0.3 is 19.5 Å². The summed E-state index contributed by atoms with van der Waals surface area (Å²) in [5.74, 6) is 1.24. The molecule has 0 fully saturated rings. The van der Waals surface area contributed by atoms with Gasteiger partial charge in [-0.3, -0.25) is 9.10 Å². The number of hydrogen-bond acceptors (Lipinski definition) is 6. The summed E-state index contributed by atoms with van der Waals surface area (Å²) in [5, 5.41) is 3.00. The number of carbonyl (C=O) groups excluding carboxylic acids is 1. The number of nitrogens with zero attached hydrogens (tertiary/aromatic N) is 1. The zero-order chi connectivity index (χ0) is 24.9. The molecule has 0 saturated carbocycles. The van der Waals surface area contributed by atoms with Crippen LogP contribution in [0.1, 0.15) is 6.92 Å². The van der Waals surface area contributed by atoms with E-state index in [1.54, 1.807) is 24.3 Å². The lowest BCUT2D eigenvalue weighted by atomic mass is 10.2. The Hall–Kier alpha value is -3.43. The predicted molar refractivity (Wildman–Crippen MR) is 133 cm³/mol. The van der Waals surface area contributed by atoms with Gasteiger partial charge in [0.05, 0.1) is 36.9 Å². The van der Waals surface area contributed by atoms with Crippen molar-refractivity contribution in [3.05, 3.63) is 71.8 Å². The molecule has 0 aliphatic heterocycles. The van der Waals surface area contributed by atoms with Crippen molar-refractivity contribution in [3.63, 3.8) is 0 Å². The molecule has 0 bridgehead atoms. The minimum absolute atomic E-state index is 0.292. The summed E-state index contributed by atoms with van der Waals surface area (Å²) < 4.78 is 42.5. The van der Waals surface area contributed by atoms with E-state index in [0.717, 1.165) is 10.6 Å². The lowest BCUT2D eigenvalue weighted by molar-refractivity contribution is -0.116. The highest BCUT2D eigenvalue weighted by atomic mass is 35.5. The Bertz CT molecular complexity index is 1250. The fraction of sp³-hybridized carbons (Fsp3) is 0.208. The van der Waals surface area contributed by atoms with Crippen LogP contribution in [0, 0.1) is 0 Å². The molecule has 0 spiro atoms. The van der Waals surface area contributed by atoms with E-state index in [-0.39, 0.29) is 0 Å². The van der Waals surface area contributed by atoms with Gasteiger partial charge in [0.1, 0.15) is 29.0 Å². The number of carbonyl (C=O) groups is 1. The molecule has 0 aliphatic carbocycles. The fourth-order valence-electron chi connectivity index (χ4n) is 3.29. The summed E-state index contributed by atoms with van der Waals surface area (Å²) in [6.45, 7) is 1.49. The van der Waals surface area contributed by atoms with Gasteiger partial charge in [-0.1, -0.05) is 29.8 Å². The molecule has 3 rings (SSSR count). The molecule has 0 saturated heterocycles. The van der Waals surface area contributed by atoms with Gasteiger partial charge in [-0.25, -0.2) is 8.42 Å². The van der Waals surface area contributed by atoms with Gasteiger partial charge in [0.25, 0.3) is 0 Å². The predicted octanol–water partition coefficient (Wildman–Crippen LogP) is 4.94. The number of amides is 1. The standard InChI is InChI=1S/C24H25ClN2O6S/c1-16(24(28)26-21-15-22(31-2)20(25)14-23(21)32-3)27(34(4,29)30)17-10-12-19(13-11-17)33-18-8-6-5-7-9-18/h5-16H,1-4H3,(H,26,28)/t16-/m0/s1. The summed E-state index contributed by atoms with van der Waals surface area (Å²) in [6.07, 6.45) is 1.04. The first-order valence-electron chi connectivity index (χ1n) is 10.2. The van der Waals surface area contributed by atoms with Crippen molar-refractivity contribution in [2.24, 2.45) is 0 Å². The lowest BCUT2D eigenvalue weighted by Gasteiger charge is -2.28. The first kappa shape index (κ1) is 25.2. The molecule has 8 nitrogen and oxygen atoms in total. The van der Waals surface area contributed by atoms with Crippen molar-refractivity contribution in [2.75, 3.05) is 30.1 Å². The Kier molecular flexibility index (Phi) is 7.90. The Morgan fingerprint density at radius 1 is 0.941 bits per heavy atom. The van der Waals surface area contributed by atoms with E-state index >= 15 is 0 Å². The molecule has 3 aromatic carbocycles. The van der Waals surface area contributed by atoms with Gasteiger partial charge in [0.2, 0.25) is 15.9 Å². The first-order chi connectivity index (χ1) is 16.1. The van der Waals surface area contributed by atoms with Gasteiger partial charge in [-0.05, 0) is 43.3 Å². The second kappa shape index (κ2) is 10.7. The van der Waals surface area contributed by atoms with E-state index in [0.29, 0.717) is 39.4 Å². The monoisotopic (exact) mass is 504 g/mol. The van der Waals surface area contributed by atoms with E-state index in [9.17, 15) is 13.2 Å². The van der Waals surface area contributed by atoms with Gasteiger partial charge in [0, 0.05) is 12.1 Å². The van der Waals surface area contributed by atoms with E-state index in [1.165, 1.54) is 33.3 Å². The molecule has 0 heterocycles. The number of ether oxygens (including phenoxy) is 3. The fourth-order valence-corrected chi connectivity index (χ4v) is 4.70. The minimum Gasteiger partial charge on any atom is -0.495 e. The van der Waals surface area contributed by atoms with Crippen molar-refractivity contribution in [3.8, 4) is 23.0 Å². The third-order valence-corrected chi connectivity index (χ3v) is 6.43. The number of para-hydroxylation sites is 1. The first-order valence-corrected chi connectivity index (χ1v) is 12.4. The Labute approximate surface area is 204 Å². The third kappa shape index (κ3) is 5.92. The van der Waals surface area contributed by atoms with Crippen molar-refractivity contribution in [1.82, 2.24) is 0 Å². The number of halogens is 1. The minimum atomic E-state index is -3.81. The van der Waals surface area contributed by atoms with Crippen LogP contribution in [0.4, 0.5) is 11.4 Å². The van der Waals surface area contributed by atoms with E-state index < -0.39 is 22.0 Å². The van der Waals surface area contributed by atoms with Gasteiger partial charge in [0.15, 0.2) is 0 Å². The zero-order valence-electron chi connectivity index (χ0n) is 19.1. The zero-order valence-corrected chi connectivity index (χ0v) is 20.7. The Morgan fingerprint density at radius 3 is 2.09 bits per heavy atom. The number of sulfonamides is 1. The van der Waals surface area contributed by atoms with Crippen molar-refractivity contribution in [1.29, 1.82) is 0 Å².